The molecule has 116 valence electrons. The minimum absolute atomic E-state index is 0.0491. The van der Waals surface area contributed by atoms with E-state index in [0.717, 1.165) is 10.2 Å². The van der Waals surface area contributed by atoms with Gasteiger partial charge in [-0.05, 0) is 24.1 Å². The number of aryl methyl sites for hydroxylation is 1. The standard InChI is InChI=1S/C15H15ClFN3O2/c1-19-15(22)14(16)13(7-18-19)20-8-11(21)6-12(20)9-3-2-4-10(17)5-9/h2-5,7,11-12,21H,6,8H2,1H3/t11-,12-/m1/s1. The molecular weight excluding hydrogens is 309 g/mol. The van der Waals surface area contributed by atoms with Crippen molar-refractivity contribution in [1.82, 2.24) is 9.78 Å². The Hall–Kier alpha value is -1.92. The second-order valence-corrected chi connectivity index (χ2v) is 5.76. The molecule has 2 atom stereocenters. The van der Waals surface area contributed by atoms with Gasteiger partial charge in [-0.3, -0.25) is 4.79 Å². The minimum atomic E-state index is -0.576. The van der Waals surface area contributed by atoms with Crippen LogP contribution in [0.25, 0.3) is 0 Å². The highest BCUT2D eigenvalue weighted by molar-refractivity contribution is 6.33. The monoisotopic (exact) mass is 323 g/mol. The topological polar surface area (TPSA) is 58.4 Å². The number of benzene rings is 1. The number of anilines is 1. The van der Waals surface area contributed by atoms with E-state index in [-0.39, 0.29) is 16.9 Å². The average Bonchev–Trinajstić information content (AvgIpc) is 2.87. The molecule has 0 spiro atoms. The highest BCUT2D eigenvalue weighted by atomic mass is 35.5. The Morgan fingerprint density at radius 3 is 2.95 bits per heavy atom. The molecular formula is C15H15ClFN3O2. The quantitative estimate of drug-likeness (QED) is 0.917. The summed E-state index contributed by atoms with van der Waals surface area (Å²) in [6.45, 7) is 0.315. The first-order chi connectivity index (χ1) is 10.5. The number of aliphatic hydroxyl groups excluding tert-OH is 1. The van der Waals surface area contributed by atoms with Crippen molar-refractivity contribution in [3.63, 3.8) is 0 Å². The van der Waals surface area contributed by atoms with E-state index < -0.39 is 11.7 Å². The maximum atomic E-state index is 13.5. The zero-order valence-corrected chi connectivity index (χ0v) is 12.7. The number of aliphatic hydroxyl groups is 1. The molecule has 1 aliphatic rings. The first kappa shape index (κ1) is 15.0. The Labute approximate surface area is 131 Å². The Bertz CT molecular complexity index is 765. The van der Waals surface area contributed by atoms with Crippen molar-refractivity contribution in [2.24, 2.45) is 7.05 Å². The molecule has 3 rings (SSSR count). The van der Waals surface area contributed by atoms with Gasteiger partial charge in [0.25, 0.3) is 5.56 Å². The molecule has 1 aromatic carbocycles. The molecule has 22 heavy (non-hydrogen) atoms. The van der Waals surface area contributed by atoms with Gasteiger partial charge in [-0.1, -0.05) is 23.7 Å². The summed E-state index contributed by atoms with van der Waals surface area (Å²) in [4.78, 5) is 13.7. The second-order valence-electron chi connectivity index (χ2n) is 5.39. The van der Waals surface area contributed by atoms with Crippen molar-refractivity contribution in [3.05, 3.63) is 57.2 Å². The Kier molecular flexibility index (Phi) is 3.88. The largest absolute Gasteiger partial charge is 0.391 e. The molecule has 7 heteroatoms. The molecule has 2 aromatic rings. The predicted molar refractivity (Wildman–Crippen MR) is 81.6 cm³/mol. The van der Waals surface area contributed by atoms with Gasteiger partial charge in [-0.15, -0.1) is 0 Å². The molecule has 1 saturated heterocycles. The molecule has 5 nitrogen and oxygen atoms in total. The van der Waals surface area contributed by atoms with Crippen LogP contribution in [0, 0.1) is 5.82 Å². The van der Waals surface area contributed by atoms with Crippen molar-refractivity contribution in [1.29, 1.82) is 0 Å². The van der Waals surface area contributed by atoms with Crippen molar-refractivity contribution < 1.29 is 9.50 Å². The van der Waals surface area contributed by atoms with Gasteiger partial charge < -0.3 is 10.0 Å². The van der Waals surface area contributed by atoms with Crippen molar-refractivity contribution in [2.45, 2.75) is 18.6 Å². The molecule has 1 aliphatic heterocycles. The first-order valence-corrected chi connectivity index (χ1v) is 7.27. The smallest absolute Gasteiger partial charge is 0.287 e. The van der Waals surface area contributed by atoms with E-state index in [1.807, 2.05) is 0 Å². The molecule has 0 bridgehead atoms. The van der Waals surface area contributed by atoms with Gasteiger partial charge in [0.15, 0.2) is 0 Å². The number of halogens is 2. The first-order valence-electron chi connectivity index (χ1n) is 6.89. The fraction of sp³-hybridized carbons (Fsp3) is 0.333. The molecule has 0 unspecified atom stereocenters. The summed E-state index contributed by atoms with van der Waals surface area (Å²) < 4.78 is 14.6. The van der Waals surface area contributed by atoms with Crippen molar-refractivity contribution >= 4 is 17.3 Å². The van der Waals surface area contributed by atoms with Gasteiger partial charge in [-0.2, -0.15) is 5.10 Å². The summed E-state index contributed by atoms with van der Waals surface area (Å²) in [6.07, 6.45) is 1.36. The number of β-amino-alcohol motifs (C(OH)–C–C–N with tert-alkyl or cyclic N) is 1. The summed E-state index contributed by atoms with van der Waals surface area (Å²) in [5, 5.41) is 14.0. The number of hydrogen-bond donors (Lipinski definition) is 1. The fourth-order valence-electron chi connectivity index (χ4n) is 2.81. The SMILES string of the molecule is Cn1ncc(N2C[C@H](O)C[C@@H]2c2cccc(F)c2)c(Cl)c1=O. The predicted octanol–water partition coefficient (Wildman–Crippen LogP) is 1.89. The summed E-state index contributed by atoms with van der Waals surface area (Å²) in [5.74, 6) is -0.341. The van der Waals surface area contributed by atoms with Crippen LogP contribution < -0.4 is 10.5 Å². The van der Waals surface area contributed by atoms with Crippen LogP contribution in [0.1, 0.15) is 18.0 Å². The second kappa shape index (κ2) is 5.70. The Morgan fingerprint density at radius 2 is 2.23 bits per heavy atom. The van der Waals surface area contributed by atoms with Gasteiger partial charge in [0, 0.05) is 13.6 Å². The molecule has 0 radical (unpaired) electrons. The van der Waals surface area contributed by atoms with Gasteiger partial charge >= 0.3 is 0 Å². The molecule has 1 fully saturated rings. The summed E-state index contributed by atoms with van der Waals surface area (Å²) in [6, 6.07) is 5.96. The third kappa shape index (κ3) is 2.60. The zero-order chi connectivity index (χ0) is 15.9. The molecule has 0 amide bonds. The molecule has 1 aromatic heterocycles. The van der Waals surface area contributed by atoms with Crippen LogP contribution in [0.3, 0.4) is 0 Å². The lowest BCUT2D eigenvalue weighted by molar-refractivity contribution is 0.194. The Morgan fingerprint density at radius 1 is 1.45 bits per heavy atom. The van der Waals surface area contributed by atoms with E-state index in [2.05, 4.69) is 5.10 Å². The maximum absolute atomic E-state index is 13.5. The zero-order valence-electron chi connectivity index (χ0n) is 11.9. The van der Waals surface area contributed by atoms with Crippen LogP contribution in [0.15, 0.2) is 35.3 Å². The summed E-state index contributed by atoms with van der Waals surface area (Å²) in [7, 11) is 1.51. The lowest BCUT2D eigenvalue weighted by Gasteiger charge is -2.27. The van der Waals surface area contributed by atoms with Crippen molar-refractivity contribution in [2.75, 3.05) is 11.4 Å². The van der Waals surface area contributed by atoms with Crippen LogP contribution in [-0.2, 0) is 7.05 Å². The van der Waals surface area contributed by atoms with Crippen LogP contribution in [0.4, 0.5) is 10.1 Å². The number of rotatable bonds is 2. The van der Waals surface area contributed by atoms with Gasteiger partial charge in [0.1, 0.15) is 10.8 Å². The third-order valence-corrected chi connectivity index (χ3v) is 4.24. The lowest BCUT2D eigenvalue weighted by Crippen LogP contribution is -2.29. The fourth-order valence-corrected chi connectivity index (χ4v) is 3.09. The average molecular weight is 324 g/mol. The van der Waals surface area contributed by atoms with Crippen LogP contribution in [0.5, 0.6) is 0 Å². The van der Waals surface area contributed by atoms with Crippen LogP contribution in [0.2, 0.25) is 5.02 Å². The highest BCUT2D eigenvalue weighted by Crippen LogP contribution is 2.38. The van der Waals surface area contributed by atoms with Crippen molar-refractivity contribution in [3.8, 4) is 0 Å². The lowest BCUT2D eigenvalue weighted by atomic mass is 10.0. The molecule has 0 saturated carbocycles. The minimum Gasteiger partial charge on any atom is -0.391 e. The van der Waals surface area contributed by atoms with E-state index in [0.29, 0.717) is 18.7 Å². The van der Waals surface area contributed by atoms with E-state index in [4.69, 9.17) is 11.6 Å². The normalized spacial score (nSPS) is 21.4. The third-order valence-electron chi connectivity index (χ3n) is 3.88. The number of nitrogens with zero attached hydrogens (tertiary/aromatic N) is 3. The Balaban J connectivity index is 2.05. The van der Waals surface area contributed by atoms with Gasteiger partial charge in [0.05, 0.1) is 24.0 Å². The van der Waals surface area contributed by atoms with Gasteiger partial charge in [0.2, 0.25) is 0 Å². The van der Waals surface area contributed by atoms with Crippen LogP contribution in [-0.4, -0.2) is 27.5 Å². The molecule has 2 heterocycles. The van der Waals surface area contributed by atoms with E-state index in [1.54, 1.807) is 17.0 Å². The number of hydrogen-bond acceptors (Lipinski definition) is 4. The molecule has 0 aliphatic carbocycles. The summed E-state index contributed by atoms with van der Waals surface area (Å²) in [5.41, 5.74) is 0.780. The van der Waals surface area contributed by atoms with E-state index in [1.165, 1.54) is 25.4 Å². The summed E-state index contributed by atoms with van der Waals surface area (Å²) >= 11 is 6.14. The molecule has 1 N–H and O–H groups in total. The van der Waals surface area contributed by atoms with Crippen LogP contribution >= 0.6 is 11.6 Å². The highest BCUT2D eigenvalue weighted by Gasteiger charge is 2.34. The van der Waals surface area contributed by atoms with Gasteiger partial charge in [-0.25, -0.2) is 9.07 Å². The van der Waals surface area contributed by atoms with E-state index in [9.17, 15) is 14.3 Å². The van der Waals surface area contributed by atoms with E-state index >= 15 is 0 Å². The number of aromatic nitrogens is 2. The maximum Gasteiger partial charge on any atom is 0.287 e.